The summed E-state index contributed by atoms with van der Waals surface area (Å²) in [6, 6.07) is 12.5. The highest BCUT2D eigenvalue weighted by Gasteiger charge is 2.11. The lowest BCUT2D eigenvalue weighted by molar-refractivity contribution is 0.155. The zero-order valence-corrected chi connectivity index (χ0v) is 12.6. The first-order valence-corrected chi connectivity index (χ1v) is 7.05. The predicted octanol–water partition coefficient (Wildman–Crippen LogP) is 3.40. The number of carbonyl (C=O) groups is 2. The normalized spacial score (nSPS) is 9.78. The van der Waals surface area contributed by atoms with Crippen molar-refractivity contribution in [1.82, 2.24) is 4.98 Å². The number of benzene rings is 1. The lowest BCUT2D eigenvalue weighted by atomic mass is 10.2. The van der Waals surface area contributed by atoms with Gasteiger partial charge in [0.1, 0.15) is 6.61 Å². The number of hydrogen-bond acceptors (Lipinski definition) is 5. The van der Waals surface area contributed by atoms with E-state index in [1.54, 1.807) is 19.1 Å². The zero-order valence-electron chi connectivity index (χ0n) is 12.6. The molecule has 2 N–H and O–H groups in total. The summed E-state index contributed by atoms with van der Waals surface area (Å²) in [6.07, 6.45) is 0.197. The number of amides is 2. The number of rotatable bonds is 5. The van der Waals surface area contributed by atoms with E-state index in [0.29, 0.717) is 5.69 Å². The van der Waals surface area contributed by atoms with Gasteiger partial charge in [0.05, 0.1) is 12.3 Å². The van der Waals surface area contributed by atoms with Gasteiger partial charge in [0.25, 0.3) is 0 Å². The highest BCUT2D eigenvalue weighted by Crippen LogP contribution is 2.18. The van der Waals surface area contributed by atoms with Crippen LogP contribution in [0, 0.1) is 0 Å². The summed E-state index contributed by atoms with van der Waals surface area (Å²) >= 11 is 0. The number of hydrogen-bond donors (Lipinski definition) is 2. The third-order valence-corrected chi connectivity index (χ3v) is 2.75. The van der Waals surface area contributed by atoms with E-state index >= 15 is 0 Å². The molecule has 0 fully saturated rings. The lowest BCUT2D eigenvalue weighted by Gasteiger charge is -2.11. The first-order valence-electron chi connectivity index (χ1n) is 7.05. The molecule has 0 aliphatic heterocycles. The lowest BCUT2D eigenvalue weighted by Crippen LogP contribution is -2.18. The number of aromatic nitrogens is 1. The van der Waals surface area contributed by atoms with Crippen molar-refractivity contribution in [2.75, 3.05) is 17.2 Å². The van der Waals surface area contributed by atoms with E-state index in [1.807, 2.05) is 30.3 Å². The van der Waals surface area contributed by atoms with Gasteiger partial charge < -0.3 is 9.47 Å². The number of anilines is 2. The Morgan fingerprint density at radius 2 is 1.74 bits per heavy atom. The predicted molar refractivity (Wildman–Crippen MR) is 85.1 cm³/mol. The van der Waals surface area contributed by atoms with Gasteiger partial charge in [0.2, 0.25) is 0 Å². The van der Waals surface area contributed by atoms with Crippen molar-refractivity contribution in [3.8, 4) is 0 Å². The van der Waals surface area contributed by atoms with Crippen LogP contribution in [-0.2, 0) is 16.1 Å². The van der Waals surface area contributed by atoms with Crippen LogP contribution in [0.4, 0.5) is 21.1 Å². The van der Waals surface area contributed by atoms with Crippen LogP contribution in [0.25, 0.3) is 0 Å². The summed E-state index contributed by atoms with van der Waals surface area (Å²) in [6.45, 7) is 2.08. The van der Waals surface area contributed by atoms with Crippen LogP contribution in [0.1, 0.15) is 12.5 Å². The van der Waals surface area contributed by atoms with Crippen molar-refractivity contribution in [1.29, 1.82) is 0 Å². The molecular formula is C16H17N3O4. The van der Waals surface area contributed by atoms with Gasteiger partial charge in [0.15, 0.2) is 5.82 Å². The van der Waals surface area contributed by atoms with Crippen molar-refractivity contribution in [3.63, 3.8) is 0 Å². The van der Waals surface area contributed by atoms with Crippen molar-refractivity contribution >= 4 is 23.7 Å². The SMILES string of the molecule is CCOC(=O)Nc1ncccc1NC(=O)OCc1ccccc1. The Labute approximate surface area is 133 Å². The molecule has 2 rings (SSSR count). The van der Waals surface area contributed by atoms with E-state index in [0.717, 1.165) is 5.56 Å². The van der Waals surface area contributed by atoms with Crippen LogP contribution < -0.4 is 10.6 Å². The summed E-state index contributed by atoms with van der Waals surface area (Å²) in [5.74, 6) is 0.183. The van der Waals surface area contributed by atoms with E-state index in [-0.39, 0.29) is 19.0 Å². The van der Waals surface area contributed by atoms with Crippen molar-refractivity contribution in [2.24, 2.45) is 0 Å². The summed E-state index contributed by atoms with van der Waals surface area (Å²) in [5.41, 5.74) is 1.19. The van der Waals surface area contributed by atoms with Crippen molar-refractivity contribution in [2.45, 2.75) is 13.5 Å². The molecule has 0 radical (unpaired) electrons. The molecule has 1 heterocycles. The first-order chi connectivity index (χ1) is 11.2. The second kappa shape index (κ2) is 8.38. The van der Waals surface area contributed by atoms with Gasteiger partial charge in [0, 0.05) is 6.20 Å². The molecule has 0 unspecified atom stereocenters. The van der Waals surface area contributed by atoms with Gasteiger partial charge >= 0.3 is 12.2 Å². The highest BCUT2D eigenvalue weighted by molar-refractivity contribution is 5.93. The van der Waals surface area contributed by atoms with E-state index in [9.17, 15) is 9.59 Å². The Kier molecular flexibility index (Phi) is 5.93. The molecule has 1 aromatic heterocycles. The second-order valence-corrected chi connectivity index (χ2v) is 4.43. The third-order valence-electron chi connectivity index (χ3n) is 2.75. The average Bonchev–Trinajstić information content (AvgIpc) is 2.56. The second-order valence-electron chi connectivity index (χ2n) is 4.43. The monoisotopic (exact) mass is 315 g/mol. The van der Waals surface area contributed by atoms with Crippen LogP contribution in [0.3, 0.4) is 0 Å². The molecule has 0 atom stereocenters. The molecule has 1 aromatic carbocycles. The summed E-state index contributed by atoms with van der Waals surface area (Å²) in [4.78, 5) is 27.3. The van der Waals surface area contributed by atoms with Gasteiger partial charge in [-0.15, -0.1) is 0 Å². The van der Waals surface area contributed by atoms with E-state index < -0.39 is 12.2 Å². The maximum Gasteiger partial charge on any atom is 0.412 e. The molecule has 0 bridgehead atoms. The first kappa shape index (κ1) is 16.3. The molecule has 0 saturated carbocycles. The van der Waals surface area contributed by atoms with Crippen LogP contribution in [-0.4, -0.2) is 23.8 Å². The van der Waals surface area contributed by atoms with Crippen LogP contribution in [0.2, 0.25) is 0 Å². The maximum atomic E-state index is 11.8. The number of nitrogens with zero attached hydrogens (tertiary/aromatic N) is 1. The number of nitrogens with one attached hydrogen (secondary N) is 2. The molecule has 23 heavy (non-hydrogen) atoms. The maximum absolute atomic E-state index is 11.8. The number of pyridine rings is 1. The zero-order chi connectivity index (χ0) is 16.5. The summed E-state index contributed by atoms with van der Waals surface area (Å²) in [5, 5.41) is 4.98. The molecule has 120 valence electrons. The Morgan fingerprint density at radius 3 is 2.48 bits per heavy atom. The molecule has 7 nitrogen and oxygen atoms in total. The Morgan fingerprint density at radius 1 is 1.00 bits per heavy atom. The Balaban J connectivity index is 1.94. The molecule has 0 aliphatic carbocycles. The summed E-state index contributed by atoms with van der Waals surface area (Å²) in [7, 11) is 0. The van der Waals surface area contributed by atoms with Gasteiger partial charge in [-0.3, -0.25) is 10.6 Å². The summed E-state index contributed by atoms with van der Waals surface area (Å²) < 4.78 is 9.89. The van der Waals surface area contributed by atoms with E-state index in [4.69, 9.17) is 9.47 Å². The molecule has 2 aromatic rings. The van der Waals surface area contributed by atoms with Gasteiger partial charge in [-0.1, -0.05) is 30.3 Å². The van der Waals surface area contributed by atoms with Gasteiger partial charge in [-0.2, -0.15) is 0 Å². The van der Waals surface area contributed by atoms with E-state index in [2.05, 4.69) is 15.6 Å². The number of carbonyl (C=O) groups excluding carboxylic acids is 2. The fourth-order valence-corrected chi connectivity index (χ4v) is 1.74. The Bertz CT molecular complexity index is 661. The molecule has 2 amide bonds. The van der Waals surface area contributed by atoms with Crippen LogP contribution in [0.15, 0.2) is 48.7 Å². The quantitative estimate of drug-likeness (QED) is 0.882. The van der Waals surface area contributed by atoms with Gasteiger partial charge in [-0.25, -0.2) is 14.6 Å². The minimum absolute atomic E-state index is 0.146. The minimum Gasteiger partial charge on any atom is -0.450 e. The third kappa shape index (κ3) is 5.31. The van der Waals surface area contributed by atoms with Crippen LogP contribution in [0.5, 0.6) is 0 Å². The largest absolute Gasteiger partial charge is 0.450 e. The molecule has 0 saturated heterocycles. The van der Waals surface area contributed by atoms with Gasteiger partial charge in [-0.05, 0) is 24.6 Å². The fraction of sp³-hybridized carbons (Fsp3) is 0.188. The molecule has 0 spiro atoms. The number of ether oxygens (including phenoxy) is 2. The highest BCUT2D eigenvalue weighted by atomic mass is 16.6. The molecular weight excluding hydrogens is 298 g/mol. The smallest absolute Gasteiger partial charge is 0.412 e. The topological polar surface area (TPSA) is 89.5 Å². The molecule has 7 heteroatoms. The fourth-order valence-electron chi connectivity index (χ4n) is 1.74. The van der Waals surface area contributed by atoms with Crippen molar-refractivity contribution < 1.29 is 19.1 Å². The van der Waals surface area contributed by atoms with Crippen LogP contribution >= 0.6 is 0 Å². The molecule has 0 aliphatic rings. The Hall–Kier alpha value is -3.09. The average molecular weight is 315 g/mol. The standard InChI is InChI=1S/C16H17N3O4/c1-2-22-16(21)19-14-13(9-6-10-17-14)18-15(20)23-11-12-7-4-3-5-8-12/h3-10H,2,11H2,1H3,(H,18,20)(H,17,19,21). The van der Waals surface area contributed by atoms with E-state index in [1.165, 1.54) is 6.20 Å². The van der Waals surface area contributed by atoms with Crippen molar-refractivity contribution in [3.05, 3.63) is 54.2 Å². The minimum atomic E-state index is -0.646.